The normalized spacial score (nSPS) is 14.2. The van der Waals surface area contributed by atoms with E-state index in [1.807, 2.05) is 0 Å². The van der Waals surface area contributed by atoms with Crippen LogP contribution >= 0.6 is 11.6 Å². The second-order valence-electron chi connectivity index (χ2n) is 3.69. The fourth-order valence-corrected chi connectivity index (χ4v) is 1.82. The molecule has 2 N–H and O–H groups in total. The highest BCUT2D eigenvalue weighted by molar-refractivity contribution is 6.31. The van der Waals surface area contributed by atoms with Crippen LogP contribution in [-0.2, 0) is 10.4 Å². The van der Waals surface area contributed by atoms with Gasteiger partial charge in [0.2, 0.25) is 0 Å². The van der Waals surface area contributed by atoms with E-state index in [9.17, 15) is 9.90 Å². The van der Waals surface area contributed by atoms with Crippen molar-refractivity contribution in [1.29, 1.82) is 0 Å². The topological polar surface area (TPSA) is 66.8 Å². The summed E-state index contributed by atoms with van der Waals surface area (Å²) in [6.45, 7) is 1.41. The molecule has 1 unspecified atom stereocenters. The molecular formula is C11H13ClO4. The van der Waals surface area contributed by atoms with Crippen molar-refractivity contribution in [3.05, 3.63) is 28.8 Å². The van der Waals surface area contributed by atoms with Gasteiger partial charge in [0.1, 0.15) is 5.75 Å². The summed E-state index contributed by atoms with van der Waals surface area (Å²) >= 11 is 5.94. The van der Waals surface area contributed by atoms with Crippen molar-refractivity contribution in [3.8, 4) is 5.75 Å². The van der Waals surface area contributed by atoms with Gasteiger partial charge >= 0.3 is 5.97 Å². The van der Waals surface area contributed by atoms with Gasteiger partial charge in [0.25, 0.3) is 0 Å². The van der Waals surface area contributed by atoms with Gasteiger partial charge in [-0.3, -0.25) is 4.79 Å². The van der Waals surface area contributed by atoms with Gasteiger partial charge in [-0.25, -0.2) is 0 Å². The maximum absolute atomic E-state index is 10.6. The van der Waals surface area contributed by atoms with Crippen LogP contribution < -0.4 is 4.74 Å². The molecule has 0 aliphatic rings. The summed E-state index contributed by atoms with van der Waals surface area (Å²) in [7, 11) is 1.50. The van der Waals surface area contributed by atoms with Gasteiger partial charge in [-0.05, 0) is 19.1 Å². The SMILES string of the molecule is COc1ccc(C(C)(O)CC(=O)O)c(Cl)c1. The molecule has 0 amide bonds. The van der Waals surface area contributed by atoms with E-state index in [0.29, 0.717) is 11.3 Å². The van der Waals surface area contributed by atoms with Gasteiger partial charge in [-0.2, -0.15) is 0 Å². The first kappa shape index (κ1) is 12.8. The fourth-order valence-electron chi connectivity index (χ4n) is 1.45. The van der Waals surface area contributed by atoms with Crippen molar-refractivity contribution in [2.45, 2.75) is 18.9 Å². The highest BCUT2D eigenvalue weighted by Crippen LogP contribution is 2.33. The van der Waals surface area contributed by atoms with E-state index in [0.717, 1.165) is 0 Å². The lowest BCUT2D eigenvalue weighted by molar-refractivity contribution is -0.142. The van der Waals surface area contributed by atoms with Crippen LogP contribution in [0.15, 0.2) is 18.2 Å². The molecule has 0 saturated heterocycles. The zero-order valence-electron chi connectivity index (χ0n) is 9.03. The first-order valence-electron chi connectivity index (χ1n) is 4.65. The summed E-state index contributed by atoms with van der Waals surface area (Å²) in [6.07, 6.45) is -0.404. The predicted molar refractivity (Wildman–Crippen MR) is 59.8 cm³/mol. The Bertz CT molecular complexity index is 401. The minimum atomic E-state index is -1.49. The van der Waals surface area contributed by atoms with Crippen molar-refractivity contribution >= 4 is 17.6 Å². The second-order valence-corrected chi connectivity index (χ2v) is 4.10. The smallest absolute Gasteiger partial charge is 0.306 e. The molecule has 0 saturated carbocycles. The van der Waals surface area contributed by atoms with Gasteiger partial charge in [0, 0.05) is 5.56 Å². The molecule has 0 radical (unpaired) electrons. The zero-order chi connectivity index (χ0) is 12.3. The van der Waals surface area contributed by atoms with Crippen LogP contribution in [0.1, 0.15) is 18.9 Å². The van der Waals surface area contributed by atoms with Crippen LogP contribution in [0.5, 0.6) is 5.75 Å². The van der Waals surface area contributed by atoms with Crippen LogP contribution in [0.3, 0.4) is 0 Å². The Balaban J connectivity index is 3.08. The monoisotopic (exact) mass is 244 g/mol. The molecular weight excluding hydrogens is 232 g/mol. The number of carbonyl (C=O) groups is 1. The summed E-state index contributed by atoms with van der Waals surface area (Å²) in [6, 6.07) is 4.72. The number of carboxylic acid groups (broad SMARTS) is 1. The van der Waals surface area contributed by atoms with Gasteiger partial charge in [0.15, 0.2) is 0 Å². The van der Waals surface area contributed by atoms with E-state index < -0.39 is 18.0 Å². The van der Waals surface area contributed by atoms with Crippen LogP contribution in [0.4, 0.5) is 0 Å². The van der Waals surface area contributed by atoms with E-state index in [1.54, 1.807) is 12.1 Å². The van der Waals surface area contributed by atoms with Crippen molar-refractivity contribution in [1.82, 2.24) is 0 Å². The third-order valence-corrected chi connectivity index (χ3v) is 2.56. The Kier molecular flexibility index (Phi) is 3.78. The van der Waals surface area contributed by atoms with Crippen molar-refractivity contribution in [3.63, 3.8) is 0 Å². The Morgan fingerprint density at radius 1 is 1.56 bits per heavy atom. The first-order valence-corrected chi connectivity index (χ1v) is 5.03. The third kappa shape index (κ3) is 2.87. The molecule has 1 aromatic rings. The molecule has 16 heavy (non-hydrogen) atoms. The molecule has 0 aliphatic carbocycles. The highest BCUT2D eigenvalue weighted by Gasteiger charge is 2.28. The summed E-state index contributed by atoms with van der Waals surface area (Å²) in [5.74, 6) is -0.531. The summed E-state index contributed by atoms with van der Waals surface area (Å²) in [4.78, 5) is 10.6. The lowest BCUT2D eigenvalue weighted by Gasteiger charge is -2.23. The van der Waals surface area contributed by atoms with Crippen LogP contribution in [0.25, 0.3) is 0 Å². The largest absolute Gasteiger partial charge is 0.497 e. The molecule has 0 aromatic heterocycles. The molecule has 0 spiro atoms. The first-order chi connectivity index (χ1) is 7.36. The number of halogens is 1. The molecule has 88 valence electrons. The van der Waals surface area contributed by atoms with Gasteiger partial charge < -0.3 is 14.9 Å². The molecule has 0 aliphatic heterocycles. The third-order valence-electron chi connectivity index (χ3n) is 2.25. The maximum Gasteiger partial charge on any atom is 0.306 e. The van der Waals surface area contributed by atoms with Crippen LogP contribution in [-0.4, -0.2) is 23.3 Å². The number of ether oxygens (including phenoxy) is 1. The molecule has 4 nitrogen and oxygen atoms in total. The Morgan fingerprint density at radius 3 is 2.62 bits per heavy atom. The average molecular weight is 245 g/mol. The number of hydrogen-bond donors (Lipinski definition) is 2. The molecule has 0 fully saturated rings. The standard InChI is InChI=1S/C11H13ClO4/c1-11(15,6-10(13)14)8-4-3-7(16-2)5-9(8)12/h3-5,15H,6H2,1-2H3,(H,13,14). The number of aliphatic carboxylic acids is 1. The van der Waals surface area contributed by atoms with E-state index >= 15 is 0 Å². The van der Waals surface area contributed by atoms with E-state index in [1.165, 1.54) is 20.1 Å². The average Bonchev–Trinajstić information content (AvgIpc) is 2.14. The van der Waals surface area contributed by atoms with E-state index in [-0.39, 0.29) is 5.02 Å². The molecule has 1 aromatic carbocycles. The second kappa shape index (κ2) is 4.72. The maximum atomic E-state index is 10.6. The Morgan fingerprint density at radius 2 is 2.19 bits per heavy atom. The Hall–Kier alpha value is -1.26. The summed E-state index contributed by atoms with van der Waals surface area (Å²) in [5, 5.41) is 19.0. The lowest BCUT2D eigenvalue weighted by atomic mass is 9.92. The lowest BCUT2D eigenvalue weighted by Crippen LogP contribution is -2.25. The summed E-state index contributed by atoms with van der Waals surface area (Å²) < 4.78 is 4.96. The minimum absolute atomic E-state index is 0.283. The van der Waals surface area contributed by atoms with Gasteiger partial charge in [-0.1, -0.05) is 17.7 Å². The molecule has 1 atom stereocenters. The predicted octanol–water partition coefficient (Wildman–Crippen LogP) is 2.03. The molecule has 1 rings (SSSR count). The van der Waals surface area contributed by atoms with Crippen LogP contribution in [0, 0.1) is 0 Å². The van der Waals surface area contributed by atoms with Gasteiger partial charge in [0.05, 0.1) is 24.2 Å². The number of rotatable bonds is 4. The minimum Gasteiger partial charge on any atom is -0.497 e. The molecule has 0 heterocycles. The van der Waals surface area contributed by atoms with Crippen LogP contribution in [0.2, 0.25) is 5.02 Å². The van der Waals surface area contributed by atoms with Gasteiger partial charge in [-0.15, -0.1) is 0 Å². The number of hydrogen-bond acceptors (Lipinski definition) is 3. The number of aliphatic hydroxyl groups is 1. The summed E-state index contributed by atoms with van der Waals surface area (Å²) in [5.41, 5.74) is -1.12. The fraction of sp³-hybridized carbons (Fsp3) is 0.364. The quantitative estimate of drug-likeness (QED) is 0.851. The van der Waals surface area contributed by atoms with E-state index in [2.05, 4.69) is 0 Å². The van der Waals surface area contributed by atoms with Crippen molar-refractivity contribution in [2.75, 3.05) is 7.11 Å². The van der Waals surface area contributed by atoms with E-state index in [4.69, 9.17) is 21.4 Å². The number of carboxylic acids is 1. The zero-order valence-corrected chi connectivity index (χ0v) is 9.78. The van der Waals surface area contributed by atoms with Crippen molar-refractivity contribution in [2.24, 2.45) is 0 Å². The number of methoxy groups -OCH3 is 1. The molecule has 0 bridgehead atoms. The Labute approximate surface area is 98.4 Å². The number of benzene rings is 1. The highest BCUT2D eigenvalue weighted by atomic mass is 35.5. The van der Waals surface area contributed by atoms with Crippen molar-refractivity contribution < 1.29 is 19.7 Å². The molecule has 5 heteroatoms.